The van der Waals surface area contributed by atoms with Crippen molar-refractivity contribution in [3.05, 3.63) is 45.9 Å². The van der Waals surface area contributed by atoms with Crippen molar-refractivity contribution in [2.75, 3.05) is 11.1 Å². The molecular weight excluding hydrogens is 311 g/mol. The number of hydrogen-bond donors (Lipinski definition) is 2. The Hall–Kier alpha value is -1.91. The molecule has 0 saturated heterocycles. The lowest BCUT2D eigenvalue weighted by atomic mass is 10.0. The summed E-state index contributed by atoms with van der Waals surface area (Å²) in [7, 11) is 0. The number of ether oxygens (including phenoxy) is 1. The van der Waals surface area contributed by atoms with Gasteiger partial charge in [-0.05, 0) is 36.2 Å². The van der Waals surface area contributed by atoms with E-state index in [2.05, 4.69) is 5.32 Å². The highest BCUT2D eigenvalue weighted by molar-refractivity contribution is 6.35. The molecule has 1 aliphatic heterocycles. The van der Waals surface area contributed by atoms with Gasteiger partial charge in [-0.1, -0.05) is 23.2 Å². The fraction of sp³-hybridized carbons (Fsp3) is 0.133. The van der Waals surface area contributed by atoms with E-state index in [1.54, 1.807) is 24.3 Å². The van der Waals surface area contributed by atoms with Gasteiger partial charge < -0.3 is 15.8 Å². The van der Waals surface area contributed by atoms with Crippen LogP contribution in [-0.4, -0.2) is 5.91 Å². The van der Waals surface area contributed by atoms with Crippen molar-refractivity contribution < 1.29 is 9.53 Å². The van der Waals surface area contributed by atoms with Crippen molar-refractivity contribution in [2.24, 2.45) is 0 Å². The van der Waals surface area contributed by atoms with Crippen molar-refractivity contribution in [3.8, 4) is 11.5 Å². The fourth-order valence-electron chi connectivity index (χ4n) is 2.19. The van der Waals surface area contributed by atoms with Crippen molar-refractivity contribution in [3.63, 3.8) is 0 Å². The molecule has 0 fully saturated rings. The van der Waals surface area contributed by atoms with E-state index >= 15 is 0 Å². The van der Waals surface area contributed by atoms with E-state index in [0.717, 1.165) is 11.3 Å². The second kappa shape index (κ2) is 5.47. The largest absolute Gasteiger partial charge is 0.454 e. The van der Waals surface area contributed by atoms with Crippen LogP contribution in [0.25, 0.3) is 0 Å². The Bertz CT molecular complexity index is 732. The van der Waals surface area contributed by atoms with Gasteiger partial charge in [-0.2, -0.15) is 0 Å². The maximum Gasteiger partial charge on any atom is 0.224 e. The van der Waals surface area contributed by atoms with Gasteiger partial charge in [0.25, 0.3) is 0 Å². The van der Waals surface area contributed by atoms with E-state index in [-0.39, 0.29) is 5.91 Å². The van der Waals surface area contributed by atoms with Gasteiger partial charge in [-0.25, -0.2) is 0 Å². The normalized spacial score (nSPS) is 13.5. The monoisotopic (exact) mass is 322 g/mol. The number of nitrogens with one attached hydrogen (secondary N) is 1. The molecule has 0 unspecified atom stereocenters. The summed E-state index contributed by atoms with van der Waals surface area (Å²) in [6.07, 6.45) is 1.14. The number of carbonyl (C=O) groups is 1. The van der Waals surface area contributed by atoms with Crippen LogP contribution in [0.5, 0.6) is 11.5 Å². The molecule has 4 nitrogen and oxygen atoms in total. The van der Waals surface area contributed by atoms with E-state index < -0.39 is 0 Å². The number of hydrogen-bond acceptors (Lipinski definition) is 3. The number of fused-ring (bicyclic) bond motifs is 1. The highest BCUT2D eigenvalue weighted by Gasteiger charge is 2.18. The predicted molar refractivity (Wildman–Crippen MR) is 84.3 cm³/mol. The molecule has 108 valence electrons. The summed E-state index contributed by atoms with van der Waals surface area (Å²) in [6, 6.07) is 8.47. The van der Waals surface area contributed by atoms with Crippen molar-refractivity contribution in [2.45, 2.75) is 12.8 Å². The molecule has 2 aromatic rings. The lowest BCUT2D eigenvalue weighted by Crippen LogP contribution is -2.19. The number of halogens is 2. The zero-order valence-corrected chi connectivity index (χ0v) is 12.5. The Morgan fingerprint density at radius 2 is 1.90 bits per heavy atom. The minimum Gasteiger partial charge on any atom is -0.454 e. The molecule has 6 heteroatoms. The summed E-state index contributed by atoms with van der Waals surface area (Å²) in [5.41, 5.74) is 8.22. The van der Waals surface area contributed by atoms with Crippen LogP contribution < -0.4 is 15.8 Å². The third kappa shape index (κ3) is 2.91. The second-order valence-electron chi connectivity index (χ2n) is 4.77. The molecular formula is C15H12Cl2N2O2. The SMILES string of the molecule is Nc1cc2c(cc1Oc1ccc(Cl)cc1Cl)NC(=O)CC2. The van der Waals surface area contributed by atoms with Crippen LogP contribution in [0.4, 0.5) is 11.4 Å². The molecule has 1 aliphatic rings. The van der Waals surface area contributed by atoms with Crippen LogP contribution in [-0.2, 0) is 11.2 Å². The number of amides is 1. The first-order valence-electron chi connectivity index (χ1n) is 6.38. The lowest BCUT2D eigenvalue weighted by molar-refractivity contribution is -0.116. The predicted octanol–water partition coefficient (Wildman–Crippen LogP) is 4.25. The van der Waals surface area contributed by atoms with Crippen molar-refractivity contribution in [1.82, 2.24) is 0 Å². The van der Waals surface area contributed by atoms with Gasteiger partial charge in [0.15, 0.2) is 5.75 Å². The molecule has 0 aromatic heterocycles. The summed E-state index contributed by atoms with van der Waals surface area (Å²) in [5.74, 6) is 0.887. The third-order valence-corrected chi connectivity index (χ3v) is 3.78. The van der Waals surface area contributed by atoms with Gasteiger partial charge in [-0.15, -0.1) is 0 Å². The van der Waals surface area contributed by atoms with E-state index in [1.165, 1.54) is 0 Å². The Morgan fingerprint density at radius 1 is 1.10 bits per heavy atom. The molecule has 3 N–H and O–H groups in total. The molecule has 0 bridgehead atoms. The first-order valence-corrected chi connectivity index (χ1v) is 7.13. The Balaban J connectivity index is 1.95. The van der Waals surface area contributed by atoms with Gasteiger partial charge in [-0.3, -0.25) is 4.79 Å². The summed E-state index contributed by atoms with van der Waals surface area (Å²) in [4.78, 5) is 11.5. The highest BCUT2D eigenvalue weighted by atomic mass is 35.5. The topological polar surface area (TPSA) is 64.3 Å². The van der Waals surface area contributed by atoms with Gasteiger partial charge >= 0.3 is 0 Å². The van der Waals surface area contributed by atoms with Gasteiger partial charge in [0, 0.05) is 23.2 Å². The van der Waals surface area contributed by atoms with Gasteiger partial charge in [0.05, 0.1) is 10.7 Å². The molecule has 0 atom stereocenters. The Labute approximate surface area is 131 Å². The molecule has 0 radical (unpaired) electrons. The lowest BCUT2D eigenvalue weighted by Gasteiger charge is -2.19. The Morgan fingerprint density at radius 3 is 2.67 bits per heavy atom. The molecule has 0 aliphatic carbocycles. The van der Waals surface area contributed by atoms with Crippen LogP contribution in [0.1, 0.15) is 12.0 Å². The molecule has 1 amide bonds. The number of nitrogens with two attached hydrogens (primary N) is 1. The van der Waals surface area contributed by atoms with E-state index in [1.807, 2.05) is 6.07 Å². The molecule has 2 aromatic carbocycles. The quantitative estimate of drug-likeness (QED) is 0.812. The average molecular weight is 323 g/mol. The summed E-state index contributed by atoms with van der Waals surface area (Å²) < 4.78 is 5.73. The van der Waals surface area contributed by atoms with Crippen LogP contribution >= 0.6 is 23.2 Å². The minimum atomic E-state index is -0.0113. The smallest absolute Gasteiger partial charge is 0.224 e. The number of aryl methyl sites for hydroxylation is 1. The fourth-order valence-corrected chi connectivity index (χ4v) is 2.64. The van der Waals surface area contributed by atoms with E-state index in [4.69, 9.17) is 33.7 Å². The zero-order chi connectivity index (χ0) is 15.0. The molecule has 21 heavy (non-hydrogen) atoms. The standard InChI is InChI=1S/C15H12Cl2N2O2/c16-9-2-3-13(10(17)6-9)21-14-7-12-8(5-11(14)18)1-4-15(20)19-12/h2-3,5-7H,1,4,18H2,(H,19,20). The minimum absolute atomic E-state index is 0.0113. The maximum atomic E-state index is 11.5. The number of anilines is 2. The zero-order valence-electron chi connectivity index (χ0n) is 11.0. The Kier molecular flexibility index (Phi) is 3.66. The first-order chi connectivity index (χ1) is 10.0. The van der Waals surface area contributed by atoms with Gasteiger partial charge in [0.1, 0.15) is 5.75 Å². The van der Waals surface area contributed by atoms with Crippen LogP contribution in [0, 0.1) is 0 Å². The first kappa shape index (κ1) is 14.0. The maximum absolute atomic E-state index is 11.5. The molecule has 1 heterocycles. The summed E-state index contributed by atoms with van der Waals surface area (Å²) >= 11 is 11.9. The van der Waals surface area contributed by atoms with Crippen LogP contribution in [0.3, 0.4) is 0 Å². The molecule has 3 rings (SSSR count). The summed E-state index contributed by atoms with van der Waals surface area (Å²) in [5, 5.41) is 3.73. The van der Waals surface area contributed by atoms with Crippen LogP contribution in [0.15, 0.2) is 30.3 Å². The second-order valence-corrected chi connectivity index (χ2v) is 5.62. The third-order valence-electron chi connectivity index (χ3n) is 3.24. The van der Waals surface area contributed by atoms with E-state index in [0.29, 0.717) is 40.1 Å². The average Bonchev–Trinajstić information content (AvgIpc) is 2.43. The van der Waals surface area contributed by atoms with Crippen molar-refractivity contribution >= 4 is 40.5 Å². The number of benzene rings is 2. The summed E-state index contributed by atoms with van der Waals surface area (Å²) in [6.45, 7) is 0. The highest BCUT2D eigenvalue weighted by Crippen LogP contribution is 2.38. The molecule has 0 spiro atoms. The van der Waals surface area contributed by atoms with E-state index in [9.17, 15) is 4.79 Å². The molecule has 0 saturated carbocycles. The van der Waals surface area contributed by atoms with Crippen LogP contribution in [0.2, 0.25) is 10.0 Å². The van der Waals surface area contributed by atoms with Crippen molar-refractivity contribution in [1.29, 1.82) is 0 Å². The number of rotatable bonds is 2. The van der Waals surface area contributed by atoms with Gasteiger partial charge in [0.2, 0.25) is 5.91 Å². The number of nitrogen functional groups attached to an aromatic ring is 1. The number of carbonyl (C=O) groups excluding carboxylic acids is 1.